The molecule has 0 saturated carbocycles. The van der Waals surface area contributed by atoms with Gasteiger partial charge in [0.25, 0.3) is 5.91 Å². The fourth-order valence-corrected chi connectivity index (χ4v) is 2.82. The molecule has 2 aromatic rings. The molecular formula is C17H19N3O4. The second kappa shape index (κ2) is 5.99. The van der Waals surface area contributed by atoms with Crippen molar-refractivity contribution in [2.75, 3.05) is 20.2 Å². The van der Waals surface area contributed by atoms with E-state index in [1.807, 2.05) is 24.3 Å². The molecule has 24 heavy (non-hydrogen) atoms. The average molecular weight is 329 g/mol. The predicted molar refractivity (Wildman–Crippen MR) is 86.8 cm³/mol. The molecule has 3 rings (SSSR count). The summed E-state index contributed by atoms with van der Waals surface area (Å²) < 4.78 is 5.12. The van der Waals surface area contributed by atoms with Gasteiger partial charge in [-0.05, 0) is 43.7 Å². The summed E-state index contributed by atoms with van der Waals surface area (Å²) in [7, 11) is 1.60. The van der Waals surface area contributed by atoms with Gasteiger partial charge in [-0.3, -0.25) is 14.7 Å². The van der Waals surface area contributed by atoms with Crippen molar-refractivity contribution in [2.24, 2.45) is 5.41 Å². The van der Waals surface area contributed by atoms with Crippen molar-refractivity contribution in [3.63, 3.8) is 0 Å². The first-order valence-electron chi connectivity index (χ1n) is 7.65. The quantitative estimate of drug-likeness (QED) is 0.895. The molecule has 0 bridgehead atoms. The fourth-order valence-electron chi connectivity index (χ4n) is 2.82. The van der Waals surface area contributed by atoms with Crippen molar-refractivity contribution < 1.29 is 19.4 Å². The van der Waals surface area contributed by atoms with Gasteiger partial charge in [-0.1, -0.05) is 0 Å². The molecule has 0 radical (unpaired) electrons. The maximum atomic E-state index is 12.5. The lowest BCUT2D eigenvalue weighted by Gasteiger charge is -2.19. The van der Waals surface area contributed by atoms with Crippen LogP contribution in [0, 0.1) is 5.41 Å². The third kappa shape index (κ3) is 2.84. The lowest BCUT2D eigenvalue weighted by Crippen LogP contribution is -2.35. The topological polar surface area (TPSA) is 95.5 Å². The average Bonchev–Trinajstić information content (AvgIpc) is 3.22. The highest BCUT2D eigenvalue weighted by Crippen LogP contribution is 2.31. The van der Waals surface area contributed by atoms with Crippen molar-refractivity contribution in [3.05, 3.63) is 36.0 Å². The normalized spacial score (nSPS) is 20.2. The third-order valence-electron chi connectivity index (χ3n) is 4.47. The molecule has 1 aliphatic heterocycles. The van der Waals surface area contributed by atoms with Gasteiger partial charge in [-0.15, -0.1) is 0 Å². The first-order chi connectivity index (χ1) is 11.4. The van der Waals surface area contributed by atoms with Gasteiger partial charge in [0.1, 0.15) is 11.4 Å². The summed E-state index contributed by atoms with van der Waals surface area (Å²) in [5.74, 6) is -0.357. The zero-order valence-electron chi connectivity index (χ0n) is 13.6. The van der Waals surface area contributed by atoms with Gasteiger partial charge < -0.3 is 14.7 Å². The molecule has 126 valence electrons. The number of hydrogen-bond donors (Lipinski definition) is 2. The number of aromatic nitrogens is 2. The van der Waals surface area contributed by atoms with E-state index in [-0.39, 0.29) is 12.5 Å². The zero-order valence-corrected chi connectivity index (χ0v) is 13.6. The fraction of sp³-hybridized carbons (Fsp3) is 0.353. The number of nitrogens with zero attached hydrogens (tertiary/aromatic N) is 2. The number of carbonyl (C=O) groups excluding carboxylic acids is 1. The highest BCUT2D eigenvalue weighted by molar-refractivity contribution is 5.94. The number of benzene rings is 1. The molecule has 7 nitrogen and oxygen atoms in total. The number of methoxy groups -OCH3 is 1. The van der Waals surface area contributed by atoms with E-state index in [4.69, 9.17) is 4.74 Å². The molecule has 2 heterocycles. The summed E-state index contributed by atoms with van der Waals surface area (Å²) in [6.07, 6.45) is 0.452. The number of carboxylic acid groups (broad SMARTS) is 1. The number of H-pyrrole nitrogens is 1. The molecule has 7 heteroatoms. The molecule has 1 amide bonds. The van der Waals surface area contributed by atoms with Gasteiger partial charge in [0.15, 0.2) is 0 Å². The Bertz CT molecular complexity index is 768. The molecule has 1 aromatic heterocycles. The first-order valence-corrected chi connectivity index (χ1v) is 7.65. The SMILES string of the molecule is COc1ccc(-c2cc(C(=O)N3CC[C@@](C)(C(=O)O)C3)[nH]n2)cc1. The largest absolute Gasteiger partial charge is 0.497 e. The second-order valence-corrected chi connectivity index (χ2v) is 6.24. The lowest BCUT2D eigenvalue weighted by molar-refractivity contribution is -0.147. The standard InChI is InChI=1S/C17H19N3O4/c1-17(16(22)23)7-8-20(10-17)15(21)14-9-13(18-19-14)11-3-5-12(24-2)6-4-11/h3-6,9H,7-8,10H2,1-2H3,(H,18,19)(H,22,23)/t17-/m1/s1. The summed E-state index contributed by atoms with van der Waals surface area (Å²) in [5.41, 5.74) is 0.994. The summed E-state index contributed by atoms with van der Waals surface area (Å²) in [4.78, 5) is 25.4. The van der Waals surface area contributed by atoms with Crippen molar-refractivity contribution in [3.8, 4) is 17.0 Å². The minimum Gasteiger partial charge on any atom is -0.497 e. The van der Waals surface area contributed by atoms with Gasteiger partial charge in [-0.25, -0.2) is 0 Å². The molecule has 0 aliphatic carbocycles. The number of carbonyl (C=O) groups is 2. The summed E-state index contributed by atoms with van der Waals surface area (Å²) in [5, 5.41) is 16.2. The molecule has 1 atom stereocenters. The third-order valence-corrected chi connectivity index (χ3v) is 4.47. The van der Waals surface area contributed by atoms with Crippen LogP contribution in [-0.2, 0) is 4.79 Å². The van der Waals surface area contributed by atoms with Gasteiger partial charge in [-0.2, -0.15) is 5.10 Å². The Balaban J connectivity index is 1.75. The van der Waals surface area contributed by atoms with Gasteiger partial charge in [0, 0.05) is 18.7 Å². The maximum absolute atomic E-state index is 12.5. The molecular weight excluding hydrogens is 310 g/mol. The van der Waals surface area contributed by atoms with Gasteiger partial charge in [0.05, 0.1) is 18.2 Å². The Morgan fingerprint density at radius 3 is 2.62 bits per heavy atom. The predicted octanol–water partition coefficient (Wildman–Crippen LogP) is 2.02. The number of aliphatic carboxylic acids is 1. The van der Waals surface area contributed by atoms with E-state index in [9.17, 15) is 14.7 Å². The lowest BCUT2D eigenvalue weighted by atomic mass is 9.90. The number of likely N-dealkylation sites (tertiary alicyclic amines) is 1. The zero-order chi connectivity index (χ0) is 17.3. The van der Waals surface area contributed by atoms with Crippen LogP contribution in [-0.4, -0.2) is 52.3 Å². The maximum Gasteiger partial charge on any atom is 0.311 e. The first kappa shape index (κ1) is 16.0. The molecule has 2 N–H and O–H groups in total. The summed E-state index contributed by atoms with van der Waals surface area (Å²) in [6.45, 7) is 2.30. The van der Waals surface area contributed by atoms with Crippen LogP contribution in [0.4, 0.5) is 0 Å². The van der Waals surface area contributed by atoms with E-state index >= 15 is 0 Å². The van der Waals surface area contributed by atoms with Crippen LogP contribution in [0.15, 0.2) is 30.3 Å². The van der Waals surface area contributed by atoms with E-state index in [1.165, 1.54) is 0 Å². The number of rotatable bonds is 4. The minimum atomic E-state index is -0.880. The number of nitrogens with one attached hydrogen (secondary N) is 1. The smallest absolute Gasteiger partial charge is 0.311 e. The van der Waals surface area contributed by atoms with Crippen LogP contribution in [0.1, 0.15) is 23.8 Å². The summed E-state index contributed by atoms with van der Waals surface area (Å²) in [6, 6.07) is 9.05. The van der Waals surface area contributed by atoms with E-state index in [2.05, 4.69) is 10.2 Å². The Morgan fingerprint density at radius 1 is 1.33 bits per heavy atom. The van der Waals surface area contributed by atoms with Crippen LogP contribution < -0.4 is 4.74 Å². The van der Waals surface area contributed by atoms with Gasteiger partial charge in [0.2, 0.25) is 0 Å². The highest BCUT2D eigenvalue weighted by atomic mass is 16.5. The molecule has 1 saturated heterocycles. The monoisotopic (exact) mass is 329 g/mol. The number of aromatic amines is 1. The highest BCUT2D eigenvalue weighted by Gasteiger charge is 2.42. The van der Waals surface area contributed by atoms with E-state index in [0.29, 0.717) is 24.4 Å². The van der Waals surface area contributed by atoms with Crippen molar-refractivity contribution >= 4 is 11.9 Å². The minimum absolute atomic E-state index is 0.206. The molecule has 1 fully saturated rings. The Labute approximate surface area is 139 Å². The summed E-state index contributed by atoms with van der Waals surface area (Å²) >= 11 is 0. The Morgan fingerprint density at radius 2 is 2.04 bits per heavy atom. The number of ether oxygens (including phenoxy) is 1. The van der Waals surface area contributed by atoms with Gasteiger partial charge >= 0.3 is 5.97 Å². The van der Waals surface area contributed by atoms with Crippen molar-refractivity contribution in [1.82, 2.24) is 15.1 Å². The van der Waals surface area contributed by atoms with Crippen molar-refractivity contribution in [1.29, 1.82) is 0 Å². The number of amides is 1. The second-order valence-electron chi connectivity index (χ2n) is 6.24. The Hall–Kier alpha value is -2.83. The molecule has 1 aromatic carbocycles. The van der Waals surface area contributed by atoms with E-state index in [0.717, 1.165) is 11.3 Å². The Kier molecular flexibility index (Phi) is 4.01. The number of carboxylic acids is 1. The van der Waals surface area contributed by atoms with Crippen LogP contribution in [0.5, 0.6) is 5.75 Å². The molecule has 0 unspecified atom stereocenters. The number of hydrogen-bond acceptors (Lipinski definition) is 4. The molecule has 1 aliphatic rings. The van der Waals surface area contributed by atoms with Crippen LogP contribution in [0.3, 0.4) is 0 Å². The van der Waals surface area contributed by atoms with Crippen molar-refractivity contribution in [2.45, 2.75) is 13.3 Å². The van der Waals surface area contributed by atoms with Crippen LogP contribution >= 0.6 is 0 Å². The van der Waals surface area contributed by atoms with Crippen LogP contribution in [0.25, 0.3) is 11.3 Å². The van der Waals surface area contributed by atoms with E-state index < -0.39 is 11.4 Å². The molecule has 0 spiro atoms. The van der Waals surface area contributed by atoms with E-state index in [1.54, 1.807) is 25.0 Å². The van der Waals surface area contributed by atoms with Crippen LogP contribution in [0.2, 0.25) is 0 Å².